The first-order valence-electron chi connectivity index (χ1n) is 9.49. The smallest absolute Gasteiger partial charge is 0.409 e. The molecule has 2 aromatic heterocycles. The van der Waals surface area contributed by atoms with Gasteiger partial charge < -0.3 is 19.5 Å². The number of aromatic nitrogens is 2. The molecule has 10 heteroatoms. The maximum atomic E-state index is 13.1. The lowest BCUT2D eigenvalue weighted by atomic mass is 10.1. The van der Waals surface area contributed by atoms with E-state index < -0.39 is 17.4 Å². The van der Waals surface area contributed by atoms with Gasteiger partial charge in [-0.1, -0.05) is 29.3 Å². The van der Waals surface area contributed by atoms with Crippen LogP contribution in [0.25, 0.3) is 11.0 Å². The molecule has 1 aliphatic rings. The third-order valence-electron chi connectivity index (χ3n) is 5.22. The highest BCUT2D eigenvalue weighted by atomic mass is 35.5. The molecule has 2 amide bonds. The second-order valence-electron chi connectivity index (χ2n) is 7.06. The number of amides is 2. The van der Waals surface area contributed by atoms with E-state index in [-0.39, 0.29) is 27.3 Å². The van der Waals surface area contributed by atoms with E-state index in [1.807, 2.05) is 0 Å². The van der Waals surface area contributed by atoms with Gasteiger partial charge in [0, 0.05) is 25.5 Å². The Kier molecular flexibility index (Phi) is 5.84. The molecule has 0 unspecified atom stereocenters. The van der Waals surface area contributed by atoms with Gasteiger partial charge in [-0.25, -0.2) is 9.78 Å². The van der Waals surface area contributed by atoms with Crippen molar-refractivity contribution in [2.75, 3.05) is 25.5 Å². The van der Waals surface area contributed by atoms with E-state index in [9.17, 15) is 14.4 Å². The van der Waals surface area contributed by atoms with Gasteiger partial charge in [0.1, 0.15) is 11.2 Å². The number of rotatable bonds is 3. The molecule has 1 aliphatic heterocycles. The van der Waals surface area contributed by atoms with Gasteiger partial charge in [0.25, 0.3) is 5.91 Å². The zero-order valence-electron chi connectivity index (χ0n) is 16.5. The summed E-state index contributed by atoms with van der Waals surface area (Å²) in [5.74, 6) is -0.637. The Hall–Kier alpha value is -3.10. The zero-order valence-corrected chi connectivity index (χ0v) is 18.0. The van der Waals surface area contributed by atoms with Gasteiger partial charge >= 0.3 is 6.09 Å². The Morgan fingerprint density at radius 2 is 1.94 bits per heavy atom. The molecule has 1 atom stereocenters. The summed E-state index contributed by atoms with van der Waals surface area (Å²) in [6, 6.07) is 7.91. The lowest BCUT2D eigenvalue weighted by Gasteiger charge is -2.19. The van der Waals surface area contributed by atoms with Crippen LogP contribution in [0.15, 0.2) is 47.5 Å². The number of ether oxygens (including phenoxy) is 1. The topological polar surface area (TPSA) is 93.5 Å². The molecule has 0 radical (unpaired) electrons. The Balaban J connectivity index is 1.77. The minimum atomic E-state index is -0.637. The molecule has 160 valence electrons. The molecule has 3 aromatic rings. The second-order valence-corrected chi connectivity index (χ2v) is 7.88. The van der Waals surface area contributed by atoms with Crippen LogP contribution in [0.5, 0.6) is 0 Å². The molecule has 1 aromatic carbocycles. The minimum Gasteiger partial charge on any atom is -0.453 e. The van der Waals surface area contributed by atoms with Crippen LogP contribution in [0.4, 0.5) is 10.5 Å². The van der Waals surface area contributed by atoms with Crippen molar-refractivity contribution in [3.63, 3.8) is 0 Å². The normalized spacial score (nSPS) is 15.8. The van der Waals surface area contributed by atoms with Crippen molar-refractivity contribution in [2.24, 2.45) is 0 Å². The van der Waals surface area contributed by atoms with Crippen molar-refractivity contribution in [1.29, 1.82) is 0 Å². The number of fused-ring (bicyclic) bond motifs is 1. The summed E-state index contributed by atoms with van der Waals surface area (Å²) in [4.78, 5) is 43.9. The molecular formula is C21H18Cl2N4O4. The summed E-state index contributed by atoms with van der Waals surface area (Å²) < 4.78 is 6.57. The number of hydrogen-bond donors (Lipinski definition) is 1. The van der Waals surface area contributed by atoms with Crippen molar-refractivity contribution >= 4 is 51.9 Å². The number of pyridine rings is 2. The van der Waals surface area contributed by atoms with Gasteiger partial charge in [0.15, 0.2) is 0 Å². The average Bonchev–Trinajstić information content (AvgIpc) is 3.26. The van der Waals surface area contributed by atoms with Gasteiger partial charge in [-0.05, 0) is 30.7 Å². The number of carbonyl (C=O) groups excluding carboxylic acids is 2. The maximum Gasteiger partial charge on any atom is 0.409 e. The minimum absolute atomic E-state index is 0.0759. The number of nitrogens with zero attached hydrogens (tertiary/aromatic N) is 3. The van der Waals surface area contributed by atoms with Gasteiger partial charge in [-0.2, -0.15) is 0 Å². The largest absolute Gasteiger partial charge is 0.453 e. The van der Waals surface area contributed by atoms with Crippen molar-refractivity contribution < 1.29 is 14.3 Å². The van der Waals surface area contributed by atoms with Crippen molar-refractivity contribution in [3.05, 3.63) is 68.6 Å². The molecule has 1 saturated heterocycles. The van der Waals surface area contributed by atoms with E-state index in [1.165, 1.54) is 13.3 Å². The van der Waals surface area contributed by atoms with Crippen LogP contribution in [0.2, 0.25) is 10.0 Å². The summed E-state index contributed by atoms with van der Waals surface area (Å²) in [5.41, 5.74) is 0.137. The standard InChI is InChI=1S/C21H18Cl2N4O4/c1-31-21(30)26-9-7-12(10-26)27-11-14(18(28)13-4-3-8-24-19(13)27)20(29)25-17-15(22)5-2-6-16(17)23/h2-6,8,11-12H,7,9-10H2,1H3,(H,25,29)/t12-/m1/s1. The van der Waals surface area contributed by atoms with E-state index in [1.54, 1.807) is 46.0 Å². The number of likely N-dealkylation sites (tertiary alicyclic amines) is 1. The zero-order chi connectivity index (χ0) is 22.1. The molecule has 4 rings (SSSR count). The molecule has 1 N–H and O–H groups in total. The van der Waals surface area contributed by atoms with Crippen LogP contribution in [-0.4, -0.2) is 46.7 Å². The monoisotopic (exact) mass is 460 g/mol. The molecule has 8 nitrogen and oxygen atoms in total. The number of halogens is 2. The van der Waals surface area contributed by atoms with Crippen LogP contribution in [-0.2, 0) is 4.74 Å². The summed E-state index contributed by atoms with van der Waals surface area (Å²) in [7, 11) is 1.33. The van der Waals surface area contributed by atoms with Crippen molar-refractivity contribution in [1.82, 2.24) is 14.5 Å². The number of methoxy groups -OCH3 is 1. The van der Waals surface area contributed by atoms with E-state index in [4.69, 9.17) is 27.9 Å². The fourth-order valence-electron chi connectivity index (χ4n) is 3.69. The SMILES string of the molecule is COC(=O)N1CC[C@@H](n2cc(C(=O)Nc3c(Cl)cccc3Cl)c(=O)c3cccnc32)C1. The van der Waals surface area contributed by atoms with Gasteiger partial charge in [-0.15, -0.1) is 0 Å². The summed E-state index contributed by atoms with van der Waals surface area (Å²) >= 11 is 12.3. The molecule has 1 fully saturated rings. The first-order valence-corrected chi connectivity index (χ1v) is 10.2. The molecular weight excluding hydrogens is 443 g/mol. The summed E-state index contributed by atoms with van der Waals surface area (Å²) in [6.45, 7) is 0.868. The number of benzene rings is 1. The van der Waals surface area contributed by atoms with E-state index in [0.29, 0.717) is 30.5 Å². The molecule has 31 heavy (non-hydrogen) atoms. The fourth-order valence-corrected chi connectivity index (χ4v) is 4.18. The van der Waals surface area contributed by atoms with Crippen LogP contribution in [0.1, 0.15) is 22.8 Å². The summed E-state index contributed by atoms with van der Waals surface area (Å²) in [6.07, 6.45) is 3.26. The first-order chi connectivity index (χ1) is 14.9. The van der Waals surface area contributed by atoms with Crippen molar-refractivity contribution in [2.45, 2.75) is 12.5 Å². The van der Waals surface area contributed by atoms with Crippen LogP contribution in [0, 0.1) is 0 Å². The van der Waals surface area contributed by atoms with Gasteiger partial charge in [-0.3, -0.25) is 9.59 Å². The van der Waals surface area contributed by atoms with Crippen LogP contribution < -0.4 is 10.7 Å². The second kappa shape index (κ2) is 8.56. The number of hydrogen-bond acceptors (Lipinski definition) is 5. The highest BCUT2D eigenvalue weighted by molar-refractivity contribution is 6.40. The number of anilines is 1. The van der Waals surface area contributed by atoms with Crippen LogP contribution >= 0.6 is 23.2 Å². The summed E-state index contributed by atoms with van der Waals surface area (Å²) in [5, 5.41) is 3.45. The van der Waals surface area contributed by atoms with E-state index >= 15 is 0 Å². The lowest BCUT2D eigenvalue weighted by molar-refractivity contribution is 0.102. The predicted octanol–water partition coefficient (Wildman–Crippen LogP) is 3.97. The number of para-hydroxylation sites is 1. The lowest BCUT2D eigenvalue weighted by Crippen LogP contribution is -2.30. The third-order valence-corrected chi connectivity index (χ3v) is 5.85. The van der Waals surface area contributed by atoms with Gasteiger partial charge in [0.05, 0.1) is 34.3 Å². The fraction of sp³-hybridized carbons (Fsp3) is 0.238. The molecule has 0 bridgehead atoms. The Labute approximate surface area is 187 Å². The highest BCUT2D eigenvalue weighted by Gasteiger charge is 2.30. The Morgan fingerprint density at radius 1 is 1.19 bits per heavy atom. The molecule has 3 heterocycles. The first kappa shape index (κ1) is 21.1. The Morgan fingerprint density at radius 3 is 2.65 bits per heavy atom. The maximum absolute atomic E-state index is 13.1. The molecule has 0 aliphatic carbocycles. The van der Waals surface area contributed by atoms with E-state index in [2.05, 4.69) is 10.3 Å². The third kappa shape index (κ3) is 3.96. The number of carbonyl (C=O) groups is 2. The van der Waals surface area contributed by atoms with Crippen molar-refractivity contribution in [3.8, 4) is 0 Å². The molecule has 0 spiro atoms. The van der Waals surface area contributed by atoms with E-state index in [0.717, 1.165) is 0 Å². The number of nitrogens with one attached hydrogen (secondary N) is 1. The average molecular weight is 461 g/mol. The van der Waals surface area contributed by atoms with Gasteiger partial charge in [0.2, 0.25) is 5.43 Å². The predicted molar refractivity (Wildman–Crippen MR) is 118 cm³/mol. The van der Waals surface area contributed by atoms with Crippen LogP contribution in [0.3, 0.4) is 0 Å². The Bertz CT molecular complexity index is 1220. The highest BCUT2D eigenvalue weighted by Crippen LogP contribution is 2.30. The molecule has 0 saturated carbocycles. The quantitative estimate of drug-likeness (QED) is 0.637.